The summed E-state index contributed by atoms with van der Waals surface area (Å²) in [6, 6.07) is 26.7. The first-order chi connectivity index (χ1) is 19.2. The number of hydrogen-bond acceptors (Lipinski definition) is 4. The quantitative estimate of drug-likeness (QED) is 0.142. The van der Waals surface area contributed by atoms with E-state index in [9.17, 15) is 0 Å². The lowest BCUT2D eigenvalue weighted by Crippen LogP contribution is -2.01. The molecule has 0 N–H and O–H groups in total. The van der Waals surface area contributed by atoms with Crippen molar-refractivity contribution in [2.24, 2.45) is 0 Å². The highest BCUT2D eigenvalue weighted by molar-refractivity contribution is 14.2. The van der Waals surface area contributed by atoms with Crippen molar-refractivity contribution in [3.8, 4) is 33.8 Å². The fraction of sp³-hybridized carbons (Fsp3) is 0.0294. The van der Waals surface area contributed by atoms with Crippen molar-refractivity contribution in [3.05, 3.63) is 131 Å². The average Bonchev–Trinajstić information content (AvgIpc) is 3.00. The minimum atomic E-state index is -0.0196. The van der Waals surface area contributed by atoms with Crippen LogP contribution in [0.5, 0.6) is 0 Å². The van der Waals surface area contributed by atoms with Gasteiger partial charge in [0.2, 0.25) is 0 Å². The van der Waals surface area contributed by atoms with Gasteiger partial charge in [-0.15, -0.1) is 0 Å². The molecule has 0 atom stereocenters. The number of benzene rings is 3. The van der Waals surface area contributed by atoms with Crippen LogP contribution in [0.2, 0.25) is 0 Å². The van der Waals surface area contributed by atoms with E-state index in [4.69, 9.17) is 19.9 Å². The Morgan fingerprint density at radius 2 is 1.26 bits per heavy atom. The number of aromatic nitrogens is 4. The number of hydrogen-bond donors (Lipinski definition) is 0. The number of para-hydroxylation sites is 2. The third kappa shape index (κ3) is 5.18. The largest absolute Gasteiger partial charge is 0.249 e. The van der Waals surface area contributed by atoms with Crippen molar-refractivity contribution in [2.75, 3.05) is 0 Å². The number of fused-ring (bicyclic) bond motifs is 1. The number of rotatable bonds is 6. The summed E-state index contributed by atoms with van der Waals surface area (Å²) in [5, 5.41) is 0. The lowest BCUT2D eigenvalue weighted by Gasteiger charge is -2.14. The van der Waals surface area contributed by atoms with Crippen LogP contribution >= 0.6 is 20.7 Å². The maximum absolute atomic E-state index is 5.06. The Morgan fingerprint density at radius 1 is 0.667 bits per heavy atom. The third-order valence-electron chi connectivity index (χ3n) is 6.45. The van der Waals surface area contributed by atoms with E-state index < -0.39 is 0 Å². The molecule has 0 radical (unpaired) electrons. The van der Waals surface area contributed by atoms with E-state index in [0.29, 0.717) is 0 Å². The molecule has 0 saturated heterocycles. The Kier molecular flexibility index (Phi) is 7.15. The van der Waals surface area contributed by atoms with Crippen LogP contribution in [0.1, 0.15) is 17.1 Å². The van der Waals surface area contributed by atoms with Gasteiger partial charge >= 0.3 is 0 Å². The molecule has 3 heterocycles. The minimum absolute atomic E-state index is 0.0196. The molecular formula is C34H25IN4. The molecule has 0 aliphatic carbocycles. The molecule has 0 spiro atoms. The molecule has 4 nitrogen and oxygen atoms in total. The number of halogens is 1. The van der Waals surface area contributed by atoms with Gasteiger partial charge in [-0.3, -0.25) is 0 Å². The average molecular weight is 617 g/mol. The molecule has 39 heavy (non-hydrogen) atoms. The molecule has 6 rings (SSSR count). The standard InChI is InChI=1S/C34H25IN4/c1-3-4-12-28-23(2)36-31(32(37-28)24-10-6-5-7-11-24)25-15-17-26(18-16-25)33-34(27-19-21-35-22-20-27)39-30-14-9-8-13-29(30)38-33/h3-22H,1H2,2H3/b12-4-. The van der Waals surface area contributed by atoms with Crippen LogP contribution in [0, 0.1) is 6.92 Å². The summed E-state index contributed by atoms with van der Waals surface area (Å²) in [5.41, 5.74) is 11.1. The molecule has 0 amide bonds. The van der Waals surface area contributed by atoms with Gasteiger partial charge in [0.05, 0.1) is 45.2 Å². The number of allylic oxidation sites excluding steroid dienone is 5. The predicted octanol–water partition coefficient (Wildman–Crippen LogP) is 8.61. The molecular weight excluding hydrogens is 591 g/mol. The zero-order valence-corrected chi connectivity index (χ0v) is 23.6. The topological polar surface area (TPSA) is 51.6 Å². The summed E-state index contributed by atoms with van der Waals surface area (Å²) in [5.74, 6) is 0. The molecule has 0 bridgehead atoms. The van der Waals surface area contributed by atoms with Crippen LogP contribution in [-0.4, -0.2) is 23.9 Å². The van der Waals surface area contributed by atoms with Crippen LogP contribution in [0.25, 0.3) is 56.5 Å². The highest BCUT2D eigenvalue weighted by Gasteiger charge is 2.17. The van der Waals surface area contributed by atoms with Gasteiger partial charge in [-0.05, 0) is 45.4 Å². The van der Waals surface area contributed by atoms with E-state index in [1.165, 1.54) is 0 Å². The monoisotopic (exact) mass is 616 g/mol. The van der Waals surface area contributed by atoms with E-state index in [-0.39, 0.29) is 20.7 Å². The highest BCUT2D eigenvalue weighted by Crippen LogP contribution is 2.34. The Hall–Kier alpha value is -4.36. The molecule has 1 aliphatic rings. The maximum atomic E-state index is 5.06. The van der Waals surface area contributed by atoms with E-state index in [1.54, 1.807) is 6.08 Å². The summed E-state index contributed by atoms with van der Waals surface area (Å²) in [6.07, 6.45) is 9.94. The fourth-order valence-electron chi connectivity index (χ4n) is 4.50. The van der Waals surface area contributed by atoms with Gasteiger partial charge in [0, 0.05) is 22.3 Å². The van der Waals surface area contributed by atoms with Gasteiger partial charge in [0.15, 0.2) is 0 Å². The summed E-state index contributed by atoms with van der Waals surface area (Å²) in [7, 11) is 0. The normalized spacial score (nSPS) is 12.9. The van der Waals surface area contributed by atoms with Gasteiger partial charge in [0.25, 0.3) is 0 Å². The second-order valence-electron chi connectivity index (χ2n) is 9.01. The first-order valence-electron chi connectivity index (χ1n) is 12.6. The zero-order valence-electron chi connectivity index (χ0n) is 21.4. The van der Waals surface area contributed by atoms with Crippen molar-refractivity contribution in [3.63, 3.8) is 0 Å². The summed E-state index contributed by atoms with van der Waals surface area (Å²) in [4.78, 5) is 20.1. The maximum Gasteiger partial charge on any atom is 0.0973 e. The second-order valence-corrected chi connectivity index (χ2v) is 11.2. The van der Waals surface area contributed by atoms with E-state index in [2.05, 4.69) is 63.2 Å². The Balaban J connectivity index is 1.48. The Morgan fingerprint density at radius 3 is 1.90 bits per heavy atom. The first kappa shape index (κ1) is 24.9. The molecule has 0 fully saturated rings. The van der Waals surface area contributed by atoms with E-state index in [1.807, 2.05) is 61.5 Å². The van der Waals surface area contributed by atoms with Gasteiger partial charge in [-0.25, -0.2) is 19.9 Å². The number of aryl methyl sites for hydroxylation is 1. The van der Waals surface area contributed by atoms with Crippen LogP contribution < -0.4 is 0 Å². The van der Waals surface area contributed by atoms with Gasteiger partial charge < -0.3 is 0 Å². The molecule has 5 aromatic rings. The minimum Gasteiger partial charge on any atom is -0.249 e. The predicted molar refractivity (Wildman–Crippen MR) is 173 cm³/mol. The molecule has 5 heteroatoms. The molecule has 0 saturated carbocycles. The molecule has 188 valence electrons. The van der Waals surface area contributed by atoms with Gasteiger partial charge in [0.1, 0.15) is 0 Å². The third-order valence-corrected chi connectivity index (χ3v) is 8.00. The van der Waals surface area contributed by atoms with Crippen molar-refractivity contribution in [1.29, 1.82) is 0 Å². The molecule has 1 aliphatic heterocycles. The van der Waals surface area contributed by atoms with Crippen LogP contribution in [0.4, 0.5) is 0 Å². The Labute approximate surface area is 238 Å². The lowest BCUT2D eigenvalue weighted by molar-refractivity contribution is 1.11. The highest BCUT2D eigenvalue weighted by atomic mass is 127. The van der Waals surface area contributed by atoms with Crippen LogP contribution in [0.15, 0.2) is 114 Å². The van der Waals surface area contributed by atoms with E-state index in [0.717, 1.165) is 67.5 Å². The summed E-state index contributed by atoms with van der Waals surface area (Å²) < 4.78 is 4.52. The number of nitrogens with zero attached hydrogens (tertiary/aromatic N) is 4. The van der Waals surface area contributed by atoms with Crippen molar-refractivity contribution in [1.82, 2.24) is 19.9 Å². The van der Waals surface area contributed by atoms with Crippen molar-refractivity contribution < 1.29 is 0 Å². The zero-order chi connectivity index (χ0) is 26.6. The van der Waals surface area contributed by atoms with Gasteiger partial charge in [-0.1, -0.05) is 106 Å². The smallest absolute Gasteiger partial charge is 0.0973 e. The lowest BCUT2D eigenvalue weighted by atomic mass is 9.99. The molecule has 2 aromatic heterocycles. The summed E-state index contributed by atoms with van der Waals surface area (Å²) >= 11 is -0.0196. The SMILES string of the molecule is C=C/C=C\c1nc(-c2ccccc2)c(-c2ccc(-c3nc4ccccc4nc3C3=CC=IC=C3)cc2)nc1C. The fourth-order valence-corrected chi connectivity index (χ4v) is 5.93. The van der Waals surface area contributed by atoms with Crippen LogP contribution in [0.3, 0.4) is 0 Å². The van der Waals surface area contributed by atoms with E-state index >= 15 is 0 Å². The Bertz CT molecular complexity index is 1810. The summed E-state index contributed by atoms with van der Waals surface area (Å²) in [6.45, 7) is 5.77. The van der Waals surface area contributed by atoms with Crippen LogP contribution in [-0.2, 0) is 0 Å². The van der Waals surface area contributed by atoms with Gasteiger partial charge in [-0.2, -0.15) is 0 Å². The van der Waals surface area contributed by atoms with Crippen molar-refractivity contribution >= 4 is 47.4 Å². The molecule has 0 unspecified atom stereocenters. The first-order valence-corrected chi connectivity index (χ1v) is 15.1. The molecule has 3 aromatic carbocycles. The van der Waals surface area contributed by atoms with Crippen molar-refractivity contribution in [2.45, 2.75) is 6.92 Å². The second kappa shape index (κ2) is 11.2.